The first-order valence-corrected chi connectivity index (χ1v) is 5.84. The maximum absolute atomic E-state index is 12.0. The summed E-state index contributed by atoms with van der Waals surface area (Å²) in [5.41, 5.74) is 0. The molecule has 98 valence electrons. The van der Waals surface area contributed by atoms with Gasteiger partial charge in [0.15, 0.2) is 0 Å². The molecule has 0 saturated heterocycles. The molecule has 1 atom stereocenters. The lowest BCUT2D eigenvalue weighted by molar-refractivity contribution is -0.138. The molecule has 0 aromatic carbocycles. The standard InChI is InChI=1S/C11H23F3N2/c1-4-7-15-8-5-10(2)16(3)9-6-11(12,13)14/h10,15H,4-9H2,1-3H3. The molecule has 0 spiro atoms. The fourth-order valence-corrected chi connectivity index (χ4v) is 1.36. The summed E-state index contributed by atoms with van der Waals surface area (Å²) in [4.78, 5) is 1.76. The fraction of sp³-hybridized carbons (Fsp3) is 1.00. The minimum Gasteiger partial charge on any atom is -0.317 e. The Morgan fingerprint density at radius 3 is 2.38 bits per heavy atom. The minimum atomic E-state index is -4.05. The van der Waals surface area contributed by atoms with Gasteiger partial charge in [-0.25, -0.2) is 0 Å². The first-order valence-electron chi connectivity index (χ1n) is 5.84. The van der Waals surface area contributed by atoms with Crippen molar-refractivity contribution in [2.45, 2.75) is 45.3 Å². The van der Waals surface area contributed by atoms with Gasteiger partial charge < -0.3 is 10.2 Å². The summed E-state index contributed by atoms with van der Waals surface area (Å²) in [5, 5.41) is 3.24. The van der Waals surface area contributed by atoms with E-state index in [1.54, 1.807) is 11.9 Å². The second-order valence-corrected chi connectivity index (χ2v) is 4.23. The van der Waals surface area contributed by atoms with Crippen molar-refractivity contribution in [1.82, 2.24) is 10.2 Å². The molecular formula is C11H23F3N2. The zero-order valence-electron chi connectivity index (χ0n) is 10.4. The lowest BCUT2D eigenvalue weighted by atomic mass is 10.2. The highest BCUT2D eigenvalue weighted by atomic mass is 19.4. The number of alkyl halides is 3. The van der Waals surface area contributed by atoms with Crippen LogP contribution in [0.5, 0.6) is 0 Å². The van der Waals surface area contributed by atoms with E-state index in [4.69, 9.17) is 0 Å². The van der Waals surface area contributed by atoms with Gasteiger partial charge in [0.2, 0.25) is 0 Å². The summed E-state index contributed by atoms with van der Waals surface area (Å²) in [6, 6.07) is 0.187. The molecule has 0 aliphatic carbocycles. The quantitative estimate of drug-likeness (QED) is 0.656. The van der Waals surface area contributed by atoms with E-state index < -0.39 is 12.6 Å². The molecule has 1 N–H and O–H groups in total. The molecule has 0 saturated carbocycles. The molecule has 5 heteroatoms. The van der Waals surface area contributed by atoms with E-state index in [0.717, 1.165) is 25.9 Å². The Hall–Kier alpha value is -0.290. The van der Waals surface area contributed by atoms with E-state index in [9.17, 15) is 13.2 Å². The number of hydrogen-bond donors (Lipinski definition) is 1. The van der Waals surface area contributed by atoms with Crippen molar-refractivity contribution >= 4 is 0 Å². The highest BCUT2D eigenvalue weighted by Crippen LogP contribution is 2.20. The van der Waals surface area contributed by atoms with Gasteiger partial charge in [-0.3, -0.25) is 0 Å². The van der Waals surface area contributed by atoms with E-state index in [2.05, 4.69) is 12.2 Å². The van der Waals surface area contributed by atoms with Crippen LogP contribution in [0.15, 0.2) is 0 Å². The number of hydrogen-bond acceptors (Lipinski definition) is 2. The third-order valence-electron chi connectivity index (χ3n) is 2.67. The smallest absolute Gasteiger partial charge is 0.317 e. The van der Waals surface area contributed by atoms with Gasteiger partial charge >= 0.3 is 6.18 Å². The van der Waals surface area contributed by atoms with Crippen LogP contribution < -0.4 is 5.32 Å². The van der Waals surface area contributed by atoms with E-state index in [1.165, 1.54) is 0 Å². The van der Waals surface area contributed by atoms with Gasteiger partial charge in [0.05, 0.1) is 6.42 Å². The number of nitrogens with zero attached hydrogens (tertiary/aromatic N) is 1. The Labute approximate surface area is 96.2 Å². The maximum atomic E-state index is 12.0. The average Bonchev–Trinajstić information content (AvgIpc) is 2.19. The Morgan fingerprint density at radius 2 is 1.88 bits per heavy atom. The second kappa shape index (κ2) is 7.90. The summed E-state index contributed by atoms with van der Waals surface area (Å²) in [7, 11) is 1.75. The van der Waals surface area contributed by atoms with Crippen LogP contribution in [0, 0.1) is 0 Å². The lowest BCUT2D eigenvalue weighted by Gasteiger charge is -2.25. The zero-order valence-corrected chi connectivity index (χ0v) is 10.4. The molecule has 0 amide bonds. The van der Waals surface area contributed by atoms with Crippen molar-refractivity contribution in [1.29, 1.82) is 0 Å². The van der Waals surface area contributed by atoms with Crippen molar-refractivity contribution in [3.8, 4) is 0 Å². The Morgan fingerprint density at radius 1 is 1.25 bits per heavy atom. The summed E-state index contributed by atoms with van der Waals surface area (Å²) in [6.45, 7) is 5.97. The van der Waals surface area contributed by atoms with Crippen LogP contribution in [0.1, 0.15) is 33.1 Å². The van der Waals surface area contributed by atoms with E-state index in [0.29, 0.717) is 0 Å². The molecule has 1 unspecified atom stereocenters. The van der Waals surface area contributed by atoms with Crippen molar-refractivity contribution < 1.29 is 13.2 Å². The van der Waals surface area contributed by atoms with Crippen molar-refractivity contribution in [2.24, 2.45) is 0 Å². The fourth-order valence-electron chi connectivity index (χ4n) is 1.36. The molecule has 0 rings (SSSR count). The molecule has 0 aromatic rings. The van der Waals surface area contributed by atoms with E-state index in [-0.39, 0.29) is 12.6 Å². The molecule has 0 aromatic heterocycles. The van der Waals surface area contributed by atoms with Crippen LogP contribution >= 0.6 is 0 Å². The van der Waals surface area contributed by atoms with Gasteiger partial charge in [-0.2, -0.15) is 13.2 Å². The molecule has 16 heavy (non-hydrogen) atoms. The maximum Gasteiger partial charge on any atom is 0.390 e. The molecule has 2 nitrogen and oxygen atoms in total. The van der Waals surface area contributed by atoms with Crippen LogP contribution in [0.25, 0.3) is 0 Å². The second-order valence-electron chi connectivity index (χ2n) is 4.23. The average molecular weight is 240 g/mol. The van der Waals surface area contributed by atoms with Crippen LogP contribution in [-0.2, 0) is 0 Å². The molecule has 0 aliphatic rings. The van der Waals surface area contributed by atoms with Gasteiger partial charge in [0.25, 0.3) is 0 Å². The van der Waals surface area contributed by atoms with Crippen molar-refractivity contribution in [2.75, 3.05) is 26.7 Å². The monoisotopic (exact) mass is 240 g/mol. The number of nitrogens with one attached hydrogen (secondary N) is 1. The Bertz CT molecular complexity index is 171. The normalized spacial score (nSPS) is 14.4. The molecule has 0 radical (unpaired) electrons. The third-order valence-corrected chi connectivity index (χ3v) is 2.67. The highest BCUT2D eigenvalue weighted by molar-refractivity contribution is 4.66. The van der Waals surface area contributed by atoms with Gasteiger partial charge in [0.1, 0.15) is 0 Å². The summed E-state index contributed by atoms with van der Waals surface area (Å²) < 4.78 is 36.0. The number of halogens is 3. The molecule has 0 fully saturated rings. The van der Waals surface area contributed by atoms with Gasteiger partial charge in [0, 0.05) is 12.6 Å². The first-order chi connectivity index (χ1) is 7.37. The summed E-state index contributed by atoms with van der Waals surface area (Å²) in [6.07, 6.45) is -2.81. The zero-order chi connectivity index (χ0) is 12.6. The molecule has 0 heterocycles. The lowest BCUT2D eigenvalue weighted by Crippen LogP contribution is -2.34. The van der Waals surface area contributed by atoms with Gasteiger partial charge in [-0.05, 0) is 39.9 Å². The van der Waals surface area contributed by atoms with Crippen LogP contribution in [-0.4, -0.2) is 43.8 Å². The van der Waals surface area contributed by atoms with E-state index >= 15 is 0 Å². The van der Waals surface area contributed by atoms with Crippen LogP contribution in [0.2, 0.25) is 0 Å². The van der Waals surface area contributed by atoms with Crippen LogP contribution in [0.3, 0.4) is 0 Å². The Kier molecular flexibility index (Phi) is 7.76. The first kappa shape index (κ1) is 15.7. The molecule has 0 aliphatic heterocycles. The topological polar surface area (TPSA) is 15.3 Å². The van der Waals surface area contributed by atoms with Gasteiger partial charge in [-0.15, -0.1) is 0 Å². The molecular weight excluding hydrogens is 217 g/mol. The summed E-state index contributed by atoms with van der Waals surface area (Å²) in [5.74, 6) is 0. The summed E-state index contributed by atoms with van der Waals surface area (Å²) >= 11 is 0. The number of rotatable bonds is 8. The third kappa shape index (κ3) is 8.97. The van der Waals surface area contributed by atoms with Crippen molar-refractivity contribution in [3.05, 3.63) is 0 Å². The van der Waals surface area contributed by atoms with Crippen LogP contribution in [0.4, 0.5) is 13.2 Å². The van der Waals surface area contributed by atoms with Gasteiger partial charge in [-0.1, -0.05) is 6.92 Å². The SMILES string of the molecule is CCCNCCC(C)N(C)CCC(F)(F)F. The minimum absolute atomic E-state index is 0.0818. The highest BCUT2D eigenvalue weighted by Gasteiger charge is 2.27. The van der Waals surface area contributed by atoms with E-state index in [1.807, 2.05) is 6.92 Å². The predicted molar refractivity (Wildman–Crippen MR) is 60.5 cm³/mol. The predicted octanol–water partition coefficient (Wildman–Crippen LogP) is 2.65. The van der Waals surface area contributed by atoms with Crippen molar-refractivity contribution in [3.63, 3.8) is 0 Å². The molecule has 0 bridgehead atoms. The Balaban J connectivity index is 3.61. The largest absolute Gasteiger partial charge is 0.390 e.